The fraction of sp³-hybridized carbons (Fsp3) is 0. The lowest BCUT2D eigenvalue weighted by atomic mass is 10.3. The Morgan fingerprint density at radius 2 is 2.22 bits per heavy atom. The molecule has 2 heterocycles. The lowest BCUT2D eigenvalue weighted by Crippen LogP contribution is -2.16. The highest BCUT2D eigenvalue weighted by Crippen LogP contribution is 2.16. The Bertz CT molecular complexity index is 236. The first-order chi connectivity index (χ1) is 4.47. The lowest BCUT2D eigenvalue weighted by molar-refractivity contribution is 1.05. The first kappa shape index (κ1) is 4.49. The first-order valence-electron chi connectivity index (χ1n) is 2.82. The Hall–Kier alpha value is -1.38. The molecule has 0 saturated carbocycles. The third-order valence-corrected chi connectivity index (χ3v) is 1.33. The summed E-state index contributed by atoms with van der Waals surface area (Å²) in [6, 6.07) is 0. The van der Waals surface area contributed by atoms with Crippen molar-refractivity contribution in [2.24, 2.45) is 0 Å². The van der Waals surface area contributed by atoms with Crippen LogP contribution in [-0.4, -0.2) is 4.98 Å². The molecule has 0 unspecified atom stereocenters. The molecule has 3 N–H and O–H groups in total. The van der Waals surface area contributed by atoms with Crippen LogP contribution >= 0.6 is 0 Å². The average molecular weight is 121 g/mol. The van der Waals surface area contributed by atoms with Crippen molar-refractivity contribution in [1.82, 2.24) is 10.4 Å². The molecule has 0 atom stereocenters. The Labute approximate surface area is 52.7 Å². The molecule has 1 aliphatic rings. The van der Waals surface area contributed by atoms with Gasteiger partial charge in [0.05, 0.1) is 5.69 Å². The monoisotopic (exact) mass is 121 g/mol. The minimum atomic E-state index is 1.09. The molecule has 0 saturated heterocycles. The van der Waals surface area contributed by atoms with E-state index in [9.17, 15) is 0 Å². The summed E-state index contributed by atoms with van der Waals surface area (Å²) in [6.45, 7) is 0. The predicted molar refractivity (Wildman–Crippen MR) is 36.6 cm³/mol. The zero-order chi connectivity index (χ0) is 6.10. The van der Waals surface area contributed by atoms with Gasteiger partial charge in [0.1, 0.15) is 0 Å². The van der Waals surface area contributed by atoms with Crippen molar-refractivity contribution < 1.29 is 0 Å². The first-order valence-corrected chi connectivity index (χ1v) is 2.82. The van der Waals surface area contributed by atoms with E-state index in [4.69, 9.17) is 0 Å². The number of H-pyrrole nitrogens is 1. The maximum Gasteiger partial charge on any atom is 0.0786 e. The lowest BCUT2D eigenvalue weighted by Gasteiger charge is -2.08. The summed E-state index contributed by atoms with van der Waals surface area (Å²) >= 11 is 0. The second-order valence-corrected chi connectivity index (χ2v) is 1.93. The molecule has 3 nitrogen and oxygen atoms in total. The molecule has 0 radical (unpaired) electrons. The van der Waals surface area contributed by atoms with Crippen molar-refractivity contribution in [3.8, 4) is 0 Å². The van der Waals surface area contributed by atoms with Crippen LogP contribution in [0.4, 0.5) is 5.69 Å². The number of anilines is 1. The van der Waals surface area contributed by atoms with Gasteiger partial charge in [-0.1, -0.05) is 0 Å². The summed E-state index contributed by atoms with van der Waals surface area (Å²) in [6.07, 6.45) is 7.71. The van der Waals surface area contributed by atoms with Gasteiger partial charge in [-0.3, -0.25) is 5.43 Å². The largest absolute Gasteiger partial charge is 0.365 e. The third kappa shape index (κ3) is 0.579. The van der Waals surface area contributed by atoms with Crippen LogP contribution in [0, 0.1) is 0 Å². The van der Waals surface area contributed by atoms with E-state index in [1.807, 2.05) is 24.7 Å². The number of aromatic amines is 1. The van der Waals surface area contributed by atoms with Gasteiger partial charge in [-0.15, -0.1) is 0 Å². The van der Waals surface area contributed by atoms with Crippen LogP contribution in [-0.2, 0) is 0 Å². The summed E-state index contributed by atoms with van der Waals surface area (Å²) in [7, 11) is 0. The van der Waals surface area contributed by atoms with Crippen LogP contribution in [0.2, 0.25) is 0 Å². The van der Waals surface area contributed by atoms with Gasteiger partial charge in [-0.25, -0.2) is 0 Å². The smallest absolute Gasteiger partial charge is 0.0786 e. The molecule has 1 aromatic heterocycles. The predicted octanol–water partition coefficient (Wildman–Crippen LogP) is 0.915. The van der Waals surface area contributed by atoms with E-state index in [0.29, 0.717) is 0 Å². The molecular weight excluding hydrogens is 114 g/mol. The van der Waals surface area contributed by atoms with E-state index < -0.39 is 0 Å². The molecule has 2 rings (SSSR count). The second-order valence-electron chi connectivity index (χ2n) is 1.93. The Balaban J connectivity index is 2.53. The maximum atomic E-state index is 2.99. The van der Waals surface area contributed by atoms with Crippen LogP contribution < -0.4 is 10.9 Å². The van der Waals surface area contributed by atoms with Gasteiger partial charge in [0.25, 0.3) is 0 Å². The van der Waals surface area contributed by atoms with Gasteiger partial charge < -0.3 is 10.4 Å². The number of fused-ring (bicyclic) bond motifs is 1. The fourth-order valence-corrected chi connectivity index (χ4v) is 0.873. The molecule has 46 valence electrons. The van der Waals surface area contributed by atoms with E-state index in [2.05, 4.69) is 15.8 Å². The van der Waals surface area contributed by atoms with Crippen LogP contribution in [0.25, 0.3) is 6.08 Å². The van der Waals surface area contributed by atoms with Gasteiger partial charge in [-0.05, 0) is 6.08 Å². The SMILES string of the molecule is C1=Cc2c[nH]cc2NN1. The topological polar surface area (TPSA) is 39.9 Å². The van der Waals surface area contributed by atoms with E-state index in [1.54, 1.807) is 0 Å². The highest BCUT2D eigenvalue weighted by molar-refractivity contribution is 5.67. The normalized spacial score (nSPS) is 13.8. The Morgan fingerprint density at radius 3 is 3.11 bits per heavy atom. The minimum absolute atomic E-state index is 1.09. The summed E-state index contributed by atoms with van der Waals surface area (Å²) in [4.78, 5) is 2.99. The van der Waals surface area contributed by atoms with Crippen molar-refractivity contribution in [3.05, 3.63) is 24.2 Å². The molecule has 0 fully saturated rings. The quantitative estimate of drug-likeness (QED) is 0.477. The molecule has 1 aliphatic heterocycles. The van der Waals surface area contributed by atoms with Crippen LogP contribution in [0.1, 0.15) is 5.56 Å². The van der Waals surface area contributed by atoms with Crippen molar-refractivity contribution in [3.63, 3.8) is 0 Å². The average Bonchev–Trinajstić information content (AvgIpc) is 2.33. The molecule has 0 aliphatic carbocycles. The molecule has 9 heavy (non-hydrogen) atoms. The van der Waals surface area contributed by atoms with E-state index in [-0.39, 0.29) is 0 Å². The Morgan fingerprint density at radius 1 is 1.22 bits per heavy atom. The molecule has 3 heteroatoms. The second kappa shape index (κ2) is 1.55. The van der Waals surface area contributed by atoms with Crippen LogP contribution in [0.3, 0.4) is 0 Å². The molecule has 0 bridgehead atoms. The zero-order valence-electron chi connectivity index (χ0n) is 4.81. The number of nitrogens with one attached hydrogen (secondary N) is 3. The van der Waals surface area contributed by atoms with Crippen molar-refractivity contribution in [1.29, 1.82) is 0 Å². The van der Waals surface area contributed by atoms with Crippen molar-refractivity contribution in [2.45, 2.75) is 0 Å². The van der Waals surface area contributed by atoms with E-state index in [1.165, 1.54) is 5.56 Å². The van der Waals surface area contributed by atoms with Gasteiger partial charge in [0, 0.05) is 24.2 Å². The minimum Gasteiger partial charge on any atom is -0.365 e. The number of hydrazine groups is 1. The summed E-state index contributed by atoms with van der Waals surface area (Å²) < 4.78 is 0. The summed E-state index contributed by atoms with van der Waals surface area (Å²) in [5, 5.41) is 0. The van der Waals surface area contributed by atoms with E-state index in [0.717, 1.165) is 5.69 Å². The molecule has 0 aromatic carbocycles. The standard InChI is InChI=1S/C6H7N3/c1-2-8-9-6-4-7-3-5(1)6/h1-4,7-9H. The highest BCUT2D eigenvalue weighted by Gasteiger charge is 2.00. The molecule has 1 aromatic rings. The number of aromatic nitrogens is 1. The fourth-order valence-electron chi connectivity index (χ4n) is 0.873. The van der Waals surface area contributed by atoms with Gasteiger partial charge in [0.15, 0.2) is 0 Å². The summed E-state index contributed by atoms with van der Waals surface area (Å²) in [5.41, 5.74) is 8.13. The molecular formula is C6H7N3. The molecule has 0 amide bonds. The molecule has 0 spiro atoms. The number of hydrogen-bond donors (Lipinski definition) is 3. The number of hydrogen-bond acceptors (Lipinski definition) is 2. The van der Waals surface area contributed by atoms with E-state index >= 15 is 0 Å². The van der Waals surface area contributed by atoms with Gasteiger partial charge in [-0.2, -0.15) is 0 Å². The van der Waals surface area contributed by atoms with Crippen LogP contribution in [0.5, 0.6) is 0 Å². The highest BCUT2D eigenvalue weighted by atomic mass is 15.4. The van der Waals surface area contributed by atoms with Crippen molar-refractivity contribution >= 4 is 11.8 Å². The van der Waals surface area contributed by atoms with Crippen LogP contribution in [0.15, 0.2) is 18.6 Å². The third-order valence-electron chi connectivity index (χ3n) is 1.33. The Kier molecular flexibility index (Phi) is 0.773. The summed E-state index contributed by atoms with van der Waals surface area (Å²) in [5.74, 6) is 0. The zero-order valence-corrected chi connectivity index (χ0v) is 4.81. The van der Waals surface area contributed by atoms with Crippen molar-refractivity contribution in [2.75, 3.05) is 5.43 Å². The van der Waals surface area contributed by atoms with Gasteiger partial charge >= 0.3 is 0 Å². The maximum absolute atomic E-state index is 2.99. The number of rotatable bonds is 0. The van der Waals surface area contributed by atoms with Gasteiger partial charge in [0.2, 0.25) is 0 Å².